The van der Waals surface area contributed by atoms with Gasteiger partial charge in [-0.1, -0.05) is 39.8 Å². The van der Waals surface area contributed by atoms with E-state index in [0.717, 1.165) is 51.5 Å². The van der Waals surface area contributed by atoms with Crippen LogP contribution in [0.4, 0.5) is 0 Å². The standard InChI is InChI=1S/C26H37N3O5.C10H20N2O.CH4/c1-3-19-6-4-5-7-20-16-22(30)10-11-23(20)26(33)34-18(2)8-9-21(25(19)32)17-28-14-15-29-24(31)12-13-27;1-2-6-12-10(13)8-4-3-5-9(11)7-8;/h5,7,10-13,16,18-19,21,28,30H,3-4,6,8-9,14-15,17,27H2,1-2H3,(H,29,31);8-9H,2-7,11H2,1H3,(H,12,13);1H4/b7-5+,13-12+;;. The first-order valence-electron chi connectivity index (χ1n) is 17.2. The van der Waals surface area contributed by atoms with Crippen molar-refractivity contribution in [1.29, 1.82) is 0 Å². The quantitative estimate of drug-likeness (QED) is 0.118. The van der Waals surface area contributed by atoms with E-state index in [0.29, 0.717) is 50.0 Å². The van der Waals surface area contributed by atoms with Gasteiger partial charge in [-0.25, -0.2) is 4.79 Å². The number of allylic oxidation sites excluding steroid dienone is 1. The summed E-state index contributed by atoms with van der Waals surface area (Å²) >= 11 is 0. The molecule has 0 bridgehead atoms. The maximum absolute atomic E-state index is 13.3. The number of Topliss-reactive ketones (excluding diaryl/α,β-unsaturated/α-hetero) is 1. The van der Waals surface area contributed by atoms with Gasteiger partial charge in [-0.3, -0.25) is 14.4 Å². The highest BCUT2D eigenvalue weighted by Crippen LogP contribution is 2.25. The number of aromatic hydroxyl groups is 1. The van der Waals surface area contributed by atoms with E-state index < -0.39 is 5.97 Å². The minimum absolute atomic E-state index is 0. The number of hydrogen-bond donors (Lipinski definition) is 6. The van der Waals surface area contributed by atoms with Crippen LogP contribution in [0.15, 0.2) is 36.6 Å². The van der Waals surface area contributed by atoms with Gasteiger partial charge in [0.05, 0.1) is 11.7 Å². The number of nitrogens with one attached hydrogen (secondary N) is 3. The molecule has 1 heterocycles. The number of cyclic esters (lactones) is 1. The Balaban J connectivity index is 0.000000689. The van der Waals surface area contributed by atoms with Crippen molar-refractivity contribution in [3.8, 4) is 5.75 Å². The first-order valence-corrected chi connectivity index (χ1v) is 17.2. The summed E-state index contributed by atoms with van der Waals surface area (Å²) < 4.78 is 5.64. The molecule has 1 fully saturated rings. The molecule has 11 nitrogen and oxygen atoms in total. The molecule has 1 saturated carbocycles. The fraction of sp³-hybridized carbons (Fsp3) is 0.622. The lowest BCUT2D eigenvalue weighted by Gasteiger charge is -2.25. The number of carbonyl (C=O) groups excluding carboxylic acids is 4. The number of hydrogen-bond acceptors (Lipinski definition) is 9. The third-order valence-electron chi connectivity index (χ3n) is 8.64. The molecule has 0 aromatic heterocycles. The molecule has 1 aliphatic heterocycles. The molecule has 1 aliphatic carbocycles. The third kappa shape index (κ3) is 15.5. The number of phenolic OH excluding ortho intramolecular Hbond substituents is 1. The van der Waals surface area contributed by atoms with Crippen LogP contribution in [0.1, 0.15) is 108 Å². The fourth-order valence-corrected chi connectivity index (χ4v) is 5.90. The Morgan fingerprint density at radius 2 is 1.79 bits per heavy atom. The summed E-state index contributed by atoms with van der Waals surface area (Å²) in [6.07, 6.45) is 14.2. The number of phenols is 1. The first-order chi connectivity index (χ1) is 22.6. The van der Waals surface area contributed by atoms with Crippen molar-refractivity contribution in [2.24, 2.45) is 29.2 Å². The van der Waals surface area contributed by atoms with E-state index in [4.69, 9.17) is 16.2 Å². The van der Waals surface area contributed by atoms with Gasteiger partial charge in [0.25, 0.3) is 0 Å². The minimum atomic E-state index is -0.445. The summed E-state index contributed by atoms with van der Waals surface area (Å²) in [5.41, 5.74) is 12.0. The number of rotatable bonds is 10. The smallest absolute Gasteiger partial charge is 0.339 e. The molecule has 1 aromatic carbocycles. The van der Waals surface area contributed by atoms with Crippen molar-refractivity contribution >= 4 is 29.6 Å². The molecule has 0 radical (unpaired) electrons. The molecule has 48 heavy (non-hydrogen) atoms. The molecule has 5 unspecified atom stereocenters. The van der Waals surface area contributed by atoms with Crippen LogP contribution in [0.3, 0.4) is 0 Å². The molecule has 0 spiro atoms. The number of ketones is 1. The van der Waals surface area contributed by atoms with Crippen LogP contribution in [0.2, 0.25) is 0 Å². The maximum Gasteiger partial charge on any atom is 0.339 e. The molecular weight excluding hydrogens is 610 g/mol. The van der Waals surface area contributed by atoms with Crippen LogP contribution in [-0.4, -0.2) is 67.0 Å². The van der Waals surface area contributed by atoms with Crippen molar-refractivity contribution in [2.45, 2.75) is 105 Å². The highest BCUT2D eigenvalue weighted by atomic mass is 16.5. The van der Waals surface area contributed by atoms with Crippen molar-refractivity contribution in [3.05, 3.63) is 47.7 Å². The van der Waals surface area contributed by atoms with Crippen LogP contribution in [0, 0.1) is 17.8 Å². The lowest BCUT2D eigenvalue weighted by molar-refractivity contribution is -0.127. The number of benzene rings is 1. The van der Waals surface area contributed by atoms with Crippen molar-refractivity contribution < 1.29 is 29.0 Å². The Labute approximate surface area is 287 Å². The molecule has 11 heteroatoms. The second-order valence-corrected chi connectivity index (χ2v) is 12.5. The normalized spacial score (nSPS) is 24.0. The Kier molecular flexibility index (Phi) is 20.8. The largest absolute Gasteiger partial charge is 0.508 e. The zero-order chi connectivity index (χ0) is 34.6. The van der Waals surface area contributed by atoms with Crippen molar-refractivity contribution in [3.63, 3.8) is 0 Å². The summed E-state index contributed by atoms with van der Waals surface area (Å²) in [5.74, 6) is -0.293. The highest BCUT2D eigenvalue weighted by Gasteiger charge is 2.27. The van der Waals surface area contributed by atoms with Gasteiger partial charge in [-0.2, -0.15) is 0 Å². The minimum Gasteiger partial charge on any atom is -0.508 e. The number of nitrogens with two attached hydrogens (primary N) is 2. The lowest BCUT2D eigenvalue weighted by Crippen LogP contribution is -2.37. The molecule has 2 aliphatic rings. The van der Waals surface area contributed by atoms with Gasteiger partial charge in [0.2, 0.25) is 11.8 Å². The molecule has 270 valence electrons. The van der Waals surface area contributed by atoms with Gasteiger partial charge in [-0.15, -0.1) is 0 Å². The zero-order valence-electron chi connectivity index (χ0n) is 28.5. The predicted octanol–water partition coefficient (Wildman–Crippen LogP) is 4.58. The predicted molar refractivity (Wildman–Crippen MR) is 192 cm³/mol. The molecule has 5 atom stereocenters. The Morgan fingerprint density at radius 3 is 2.48 bits per heavy atom. The van der Waals surface area contributed by atoms with Gasteiger partial charge in [0.1, 0.15) is 11.5 Å². The van der Waals surface area contributed by atoms with Gasteiger partial charge in [0, 0.05) is 56.1 Å². The average Bonchev–Trinajstić information content (AvgIpc) is 3.04. The number of esters is 1. The summed E-state index contributed by atoms with van der Waals surface area (Å²) in [6.45, 7) is 8.16. The van der Waals surface area contributed by atoms with E-state index in [2.05, 4.69) is 22.9 Å². The molecule has 8 N–H and O–H groups in total. The summed E-state index contributed by atoms with van der Waals surface area (Å²) in [6, 6.07) is 4.83. The van der Waals surface area contributed by atoms with E-state index in [-0.39, 0.29) is 60.7 Å². The topological polar surface area (TPSA) is 186 Å². The molecule has 3 rings (SSSR count). The molecule has 1 aromatic rings. The maximum atomic E-state index is 13.3. The van der Waals surface area contributed by atoms with Crippen LogP contribution < -0.4 is 27.4 Å². The lowest BCUT2D eigenvalue weighted by atomic mass is 9.84. The fourth-order valence-electron chi connectivity index (χ4n) is 5.90. The van der Waals surface area contributed by atoms with Crippen LogP contribution in [0.25, 0.3) is 6.08 Å². The molecular formula is C37H61N5O6. The van der Waals surface area contributed by atoms with E-state index in [1.165, 1.54) is 18.3 Å². The number of amides is 2. The Bertz CT molecular complexity index is 1200. The monoisotopic (exact) mass is 671 g/mol. The first kappa shape index (κ1) is 42.3. The Hall–Kier alpha value is -3.70. The zero-order valence-corrected chi connectivity index (χ0v) is 28.5. The average molecular weight is 672 g/mol. The molecule has 0 saturated heterocycles. The summed E-state index contributed by atoms with van der Waals surface area (Å²) in [4.78, 5) is 49.0. The van der Waals surface area contributed by atoms with Gasteiger partial charge in [-0.05, 0) is 94.7 Å². The summed E-state index contributed by atoms with van der Waals surface area (Å²) in [5, 5.41) is 18.7. The second kappa shape index (κ2) is 23.6. The van der Waals surface area contributed by atoms with Gasteiger partial charge < -0.3 is 37.3 Å². The second-order valence-electron chi connectivity index (χ2n) is 12.5. The molecule has 2 amide bonds. The van der Waals surface area contributed by atoms with Gasteiger partial charge >= 0.3 is 5.97 Å². The van der Waals surface area contributed by atoms with E-state index >= 15 is 0 Å². The highest BCUT2D eigenvalue weighted by molar-refractivity contribution is 5.94. The SMILES string of the molecule is C.CCC1CC/C=C/c2cc(O)ccc2C(=O)OC(C)CCC(CNCCNC(=O)/C=C/N)C1=O.CCCNC(=O)C1CCCC(N)C1. The van der Waals surface area contributed by atoms with Crippen LogP contribution in [0.5, 0.6) is 5.75 Å². The third-order valence-corrected chi connectivity index (χ3v) is 8.64. The van der Waals surface area contributed by atoms with Crippen molar-refractivity contribution in [2.75, 3.05) is 26.2 Å². The number of fused-ring (bicyclic) bond motifs is 1. The number of ether oxygens (including phenoxy) is 1. The van der Waals surface area contributed by atoms with E-state index in [1.807, 2.05) is 19.9 Å². The number of carbonyl (C=O) groups is 4. The van der Waals surface area contributed by atoms with E-state index in [9.17, 15) is 24.3 Å². The van der Waals surface area contributed by atoms with E-state index in [1.54, 1.807) is 18.2 Å². The summed E-state index contributed by atoms with van der Waals surface area (Å²) in [7, 11) is 0. The van der Waals surface area contributed by atoms with Crippen LogP contribution >= 0.6 is 0 Å². The Morgan fingerprint density at radius 1 is 1.02 bits per heavy atom. The van der Waals surface area contributed by atoms with Crippen molar-refractivity contribution in [1.82, 2.24) is 16.0 Å². The van der Waals surface area contributed by atoms with Crippen LogP contribution in [-0.2, 0) is 19.1 Å². The van der Waals surface area contributed by atoms with Gasteiger partial charge in [0.15, 0.2) is 0 Å².